The highest BCUT2D eigenvalue weighted by Crippen LogP contribution is 2.30. The number of unbranched alkanes of at least 4 members (excludes halogenated alkanes) is 1. The van der Waals surface area contributed by atoms with Crippen molar-refractivity contribution in [3.05, 3.63) is 25.6 Å². The van der Waals surface area contributed by atoms with Gasteiger partial charge in [0.15, 0.2) is 0 Å². The second-order valence-corrected chi connectivity index (χ2v) is 9.64. The van der Waals surface area contributed by atoms with Crippen LogP contribution in [-0.2, 0) is 14.3 Å². The van der Waals surface area contributed by atoms with Crippen molar-refractivity contribution >= 4 is 5.78 Å². The summed E-state index contributed by atoms with van der Waals surface area (Å²) in [4.78, 5) is 12.6. The lowest BCUT2D eigenvalue weighted by Crippen LogP contribution is -2.38. The Balaban J connectivity index is 4.31. The molecule has 6 heteroatoms. The Morgan fingerprint density at radius 1 is 1.00 bits per heavy atom. The van der Waals surface area contributed by atoms with E-state index in [0.717, 1.165) is 38.5 Å². The van der Waals surface area contributed by atoms with Crippen LogP contribution in [0.15, 0.2) is 35.9 Å². The van der Waals surface area contributed by atoms with Gasteiger partial charge in [-0.05, 0) is 53.4 Å². The maximum absolute atomic E-state index is 12.6. The summed E-state index contributed by atoms with van der Waals surface area (Å²) in [5, 5.41) is 9.64. The average molecular weight is 438 g/mol. The van der Waals surface area contributed by atoms with Crippen molar-refractivity contribution in [1.29, 1.82) is 0 Å². The minimum atomic E-state index is -0.305. The normalized spacial score (nSPS) is 14.4. The molecule has 0 aliphatic heterocycles. The first-order chi connectivity index (χ1) is 14.5. The van der Waals surface area contributed by atoms with Crippen LogP contribution in [0.4, 0.5) is 0 Å². The predicted molar refractivity (Wildman–Crippen MR) is 129 cm³/mol. The van der Waals surface area contributed by atoms with E-state index in [1.165, 1.54) is 6.20 Å². The van der Waals surface area contributed by atoms with Gasteiger partial charge in [-0.1, -0.05) is 52.0 Å². The number of carbonyl (C=O) groups excluding carboxylic acids is 1. The number of carbonyl (C=O) groups is 1. The van der Waals surface area contributed by atoms with Gasteiger partial charge in [0.05, 0.1) is 17.7 Å². The van der Waals surface area contributed by atoms with E-state index < -0.39 is 0 Å². The zero-order valence-corrected chi connectivity index (χ0v) is 21.2. The molecule has 6 nitrogen and oxygen atoms in total. The quantitative estimate of drug-likeness (QED) is 0.125. The first kappa shape index (κ1) is 29.5. The average Bonchev–Trinajstić information content (AvgIpc) is 2.71. The maximum atomic E-state index is 12.6. The molecule has 0 aromatic heterocycles. The Labute approximate surface area is 191 Å². The zero-order valence-electron chi connectivity index (χ0n) is 21.2. The molecule has 0 aliphatic carbocycles. The molecule has 0 aliphatic rings. The molecule has 180 valence electrons. The largest absolute Gasteiger partial charge is 0.381 e. The van der Waals surface area contributed by atoms with E-state index in [1.807, 2.05) is 0 Å². The van der Waals surface area contributed by atoms with Crippen molar-refractivity contribution in [2.75, 3.05) is 19.8 Å². The van der Waals surface area contributed by atoms with E-state index in [1.54, 1.807) is 11.2 Å². The van der Waals surface area contributed by atoms with Crippen LogP contribution in [0.25, 0.3) is 0 Å². The molecular formula is C25H47N3O3. The molecular weight excluding hydrogens is 390 g/mol. The van der Waals surface area contributed by atoms with Crippen LogP contribution in [0.2, 0.25) is 0 Å². The summed E-state index contributed by atoms with van der Waals surface area (Å²) in [5.41, 5.74) is -0.787. The van der Waals surface area contributed by atoms with Crippen molar-refractivity contribution < 1.29 is 14.3 Å². The number of rotatable bonds is 19. The molecule has 0 rings (SSSR count). The predicted octanol–water partition coefficient (Wildman–Crippen LogP) is 6.88. The minimum Gasteiger partial charge on any atom is -0.381 e. The van der Waals surface area contributed by atoms with Crippen LogP contribution in [0.3, 0.4) is 0 Å². The number of Topliss-reactive ketones (excluding diaryl/α,β-unsaturated/α-hetero) is 1. The van der Waals surface area contributed by atoms with Gasteiger partial charge in [-0.15, -0.1) is 5.11 Å². The van der Waals surface area contributed by atoms with Gasteiger partial charge in [-0.2, -0.15) is 0 Å². The molecule has 0 saturated heterocycles. The van der Waals surface area contributed by atoms with E-state index in [2.05, 4.69) is 72.0 Å². The molecule has 0 heterocycles. The maximum Gasteiger partial charge on any atom is 0.141 e. The fourth-order valence-corrected chi connectivity index (χ4v) is 3.23. The second kappa shape index (κ2) is 14.5. The second-order valence-electron chi connectivity index (χ2n) is 9.64. The third kappa shape index (κ3) is 11.6. The Morgan fingerprint density at radius 2 is 1.68 bits per heavy atom. The summed E-state index contributed by atoms with van der Waals surface area (Å²) in [6, 6.07) is 0. The van der Waals surface area contributed by atoms with E-state index in [-0.39, 0.29) is 16.6 Å². The minimum absolute atomic E-state index is 0.209. The molecule has 0 amide bonds. The van der Waals surface area contributed by atoms with Crippen molar-refractivity contribution in [2.24, 2.45) is 15.8 Å². The number of ketones is 1. The van der Waals surface area contributed by atoms with E-state index in [0.29, 0.717) is 32.0 Å². The van der Waals surface area contributed by atoms with Gasteiger partial charge in [0, 0.05) is 37.4 Å². The monoisotopic (exact) mass is 437 g/mol. The topological polar surface area (TPSA) is 63.5 Å². The molecule has 0 fully saturated rings. The highest BCUT2D eigenvalue weighted by atomic mass is 16.5. The van der Waals surface area contributed by atoms with Gasteiger partial charge in [0.25, 0.3) is 0 Å². The van der Waals surface area contributed by atoms with Crippen LogP contribution >= 0.6 is 0 Å². The molecule has 0 bridgehead atoms. The first-order valence-corrected chi connectivity index (χ1v) is 11.7. The highest BCUT2D eigenvalue weighted by Gasteiger charge is 2.30. The summed E-state index contributed by atoms with van der Waals surface area (Å²) in [5.74, 6) is 0.321. The zero-order chi connectivity index (χ0) is 24.0. The number of ether oxygens (including phenoxy) is 2. The summed E-state index contributed by atoms with van der Waals surface area (Å²) in [6.07, 6.45) is 9.14. The third-order valence-electron chi connectivity index (χ3n) is 6.09. The third-order valence-corrected chi connectivity index (χ3v) is 6.09. The van der Waals surface area contributed by atoms with E-state index in [9.17, 15) is 4.79 Å². The lowest BCUT2D eigenvalue weighted by atomic mass is 9.77. The van der Waals surface area contributed by atoms with Crippen LogP contribution in [0, 0.1) is 5.41 Å². The van der Waals surface area contributed by atoms with Crippen molar-refractivity contribution in [3.63, 3.8) is 0 Å². The molecule has 0 saturated carbocycles. The van der Waals surface area contributed by atoms with Gasteiger partial charge >= 0.3 is 0 Å². The Kier molecular flexibility index (Phi) is 13.8. The Morgan fingerprint density at radius 3 is 2.23 bits per heavy atom. The van der Waals surface area contributed by atoms with Crippen LogP contribution in [0.1, 0.15) is 93.4 Å². The van der Waals surface area contributed by atoms with E-state index >= 15 is 0 Å². The van der Waals surface area contributed by atoms with Crippen molar-refractivity contribution in [2.45, 2.75) is 105 Å². The number of nitrogens with zero attached hydrogens (tertiary/aromatic N) is 3. The van der Waals surface area contributed by atoms with Gasteiger partial charge in [0.1, 0.15) is 5.78 Å². The van der Waals surface area contributed by atoms with E-state index in [4.69, 9.17) is 9.47 Å². The van der Waals surface area contributed by atoms with Crippen LogP contribution in [0.5, 0.6) is 0 Å². The molecule has 0 radical (unpaired) electrons. The smallest absolute Gasteiger partial charge is 0.141 e. The van der Waals surface area contributed by atoms with Gasteiger partial charge in [-0.25, -0.2) is 5.01 Å². The number of hydrogen-bond acceptors (Lipinski definition) is 5. The molecule has 1 atom stereocenters. The fourth-order valence-electron chi connectivity index (χ4n) is 3.23. The number of hydrogen-bond donors (Lipinski definition) is 0. The molecule has 0 aromatic rings. The summed E-state index contributed by atoms with van der Waals surface area (Å²) >= 11 is 0. The van der Waals surface area contributed by atoms with Gasteiger partial charge in [0.2, 0.25) is 0 Å². The summed E-state index contributed by atoms with van der Waals surface area (Å²) in [6.45, 7) is 23.6. The van der Waals surface area contributed by atoms with Crippen LogP contribution < -0.4 is 0 Å². The molecule has 0 spiro atoms. The first-order valence-electron chi connectivity index (χ1n) is 11.7. The summed E-state index contributed by atoms with van der Waals surface area (Å²) in [7, 11) is 0. The molecule has 0 aromatic carbocycles. The molecule has 1 unspecified atom stereocenters. The molecule has 31 heavy (non-hydrogen) atoms. The SMILES string of the molecule is C=C/N=N\N(C=C)C(C)(C)CCOC(C)(C)CCOCCC(=O)C(C)(CC)CCCC. The van der Waals surface area contributed by atoms with Gasteiger partial charge in [-0.3, -0.25) is 4.79 Å². The van der Waals surface area contributed by atoms with Crippen LogP contribution in [-0.4, -0.2) is 41.8 Å². The lowest BCUT2D eigenvalue weighted by molar-refractivity contribution is -0.129. The van der Waals surface area contributed by atoms with Gasteiger partial charge < -0.3 is 9.47 Å². The Bertz CT molecular complexity index is 572. The van der Waals surface area contributed by atoms with Crippen molar-refractivity contribution in [3.8, 4) is 0 Å². The highest BCUT2D eigenvalue weighted by molar-refractivity contribution is 5.84. The Hall–Kier alpha value is -1.53. The standard InChI is InChI=1S/C25H47N3O3/c1-10-14-16-25(9,11-2)22(29)15-19-30-20-18-24(7,8)31-21-17-23(5,6)28(13-4)27-26-12-3/h12-13H,3-4,10-11,14-21H2,1-2,5-9H3/b27-26-. The summed E-state index contributed by atoms with van der Waals surface area (Å²) < 4.78 is 11.9. The molecule has 0 N–H and O–H groups in total. The fraction of sp³-hybridized carbons (Fsp3) is 0.800. The lowest BCUT2D eigenvalue weighted by Gasteiger charge is -2.34. The van der Waals surface area contributed by atoms with Crippen molar-refractivity contribution in [1.82, 2.24) is 5.01 Å².